The predicted molar refractivity (Wildman–Crippen MR) is 125 cm³/mol. The second-order valence-corrected chi connectivity index (χ2v) is 7.90. The van der Waals surface area contributed by atoms with E-state index in [2.05, 4.69) is 23.6 Å². The van der Waals surface area contributed by atoms with Crippen LogP contribution in [-0.4, -0.2) is 22.7 Å². The molecule has 0 fully saturated rings. The zero-order valence-electron chi connectivity index (χ0n) is 18.6. The number of aromatic nitrogens is 1. The Kier molecular flexibility index (Phi) is 7.40. The second-order valence-electron chi connectivity index (χ2n) is 7.90. The minimum absolute atomic E-state index is 0.177. The zero-order chi connectivity index (χ0) is 22.4. The molecule has 1 amide bonds. The van der Waals surface area contributed by atoms with E-state index in [1.54, 1.807) is 25.3 Å². The molecule has 0 radical (unpaired) electrons. The number of amides is 1. The molecule has 0 saturated heterocycles. The molecule has 31 heavy (non-hydrogen) atoms. The van der Waals surface area contributed by atoms with Crippen LogP contribution in [0.1, 0.15) is 53.5 Å². The lowest BCUT2D eigenvalue weighted by Crippen LogP contribution is -2.14. The topological polar surface area (TPSA) is 77.5 Å². The number of nitrogens with zero attached hydrogens (tertiary/aromatic N) is 1. The molecule has 2 aromatic carbocycles. The van der Waals surface area contributed by atoms with Gasteiger partial charge < -0.3 is 20.1 Å². The van der Waals surface area contributed by atoms with E-state index >= 15 is 0 Å². The molecule has 3 aromatic rings. The van der Waals surface area contributed by atoms with Crippen LogP contribution in [-0.2, 0) is 19.4 Å². The SMILES string of the molecule is CCCCCc1c(-c2cccc(O)c2)c(C(N)=O)c(C)n1CCc1ccc(OC)cc1. The number of primary amides is 1. The van der Waals surface area contributed by atoms with E-state index in [4.69, 9.17) is 10.5 Å². The quantitative estimate of drug-likeness (QED) is 0.440. The van der Waals surface area contributed by atoms with Crippen LogP contribution in [0.25, 0.3) is 11.1 Å². The van der Waals surface area contributed by atoms with Gasteiger partial charge in [-0.2, -0.15) is 0 Å². The Hall–Kier alpha value is -3.21. The van der Waals surface area contributed by atoms with E-state index in [0.29, 0.717) is 5.56 Å². The van der Waals surface area contributed by atoms with Crippen LogP contribution in [0.2, 0.25) is 0 Å². The van der Waals surface area contributed by atoms with Crippen molar-refractivity contribution < 1.29 is 14.6 Å². The molecule has 5 nitrogen and oxygen atoms in total. The molecule has 0 aliphatic rings. The third-order valence-corrected chi connectivity index (χ3v) is 5.81. The Morgan fingerprint density at radius 2 is 1.84 bits per heavy atom. The summed E-state index contributed by atoms with van der Waals surface area (Å²) < 4.78 is 7.49. The summed E-state index contributed by atoms with van der Waals surface area (Å²) in [5, 5.41) is 10.0. The normalized spacial score (nSPS) is 10.9. The van der Waals surface area contributed by atoms with Crippen molar-refractivity contribution in [1.82, 2.24) is 4.57 Å². The van der Waals surface area contributed by atoms with Gasteiger partial charge in [0.05, 0.1) is 12.7 Å². The highest BCUT2D eigenvalue weighted by Gasteiger charge is 2.24. The van der Waals surface area contributed by atoms with Gasteiger partial charge in [0.2, 0.25) is 0 Å². The number of hydrogen-bond donors (Lipinski definition) is 2. The van der Waals surface area contributed by atoms with Crippen molar-refractivity contribution >= 4 is 5.91 Å². The standard InChI is InChI=1S/C26H32N2O3/c1-4-5-6-10-23-25(20-8-7-9-21(29)17-20)24(26(27)30)18(2)28(23)16-15-19-11-13-22(31-3)14-12-19/h7-9,11-14,17,29H,4-6,10,15-16H2,1-3H3,(H2,27,30). The van der Waals surface area contributed by atoms with Crippen LogP contribution < -0.4 is 10.5 Å². The number of benzene rings is 2. The van der Waals surface area contributed by atoms with Crippen molar-refractivity contribution in [1.29, 1.82) is 0 Å². The minimum Gasteiger partial charge on any atom is -0.508 e. The molecule has 1 aromatic heterocycles. The number of phenols is 1. The van der Waals surface area contributed by atoms with Crippen LogP contribution in [0, 0.1) is 6.92 Å². The van der Waals surface area contributed by atoms with E-state index in [9.17, 15) is 9.90 Å². The van der Waals surface area contributed by atoms with Crippen molar-refractivity contribution in [3.05, 3.63) is 71.0 Å². The molecule has 3 N–H and O–H groups in total. The lowest BCUT2D eigenvalue weighted by Gasteiger charge is -2.14. The van der Waals surface area contributed by atoms with Gasteiger partial charge in [-0.15, -0.1) is 0 Å². The number of aromatic hydroxyl groups is 1. The van der Waals surface area contributed by atoms with Gasteiger partial charge in [0.15, 0.2) is 0 Å². The summed E-state index contributed by atoms with van der Waals surface area (Å²) in [5.41, 5.74) is 11.3. The Labute approximate surface area is 184 Å². The fourth-order valence-electron chi connectivity index (χ4n) is 4.21. The first-order valence-electron chi connectivity index (χ1n) is 10.9. The van der Waals surface area contributed by atoms with Crippen molar-refractivity contribution in [2.45, 2.75) is 52.5 Å². The highest BCUT2D eigenvalue weighted by molar-refractivity contribution is 6.02. The first-order valence-corrected chi connectivity index (χ1v) is 10.9. The summed E-state index contributed by atoms with van der Waals surface area (Å²) in [7, 11) is 1.66. The van der Waals surface area contributed by atoms with E-state index < -0.39 is 5.91 Å². The molecular formula is C26H32N2O3. The van der Waals surface area contributed by atoms with Crippen molar-refractivity contribution in [3.8, 4) is 22.6 Å². The number of rotatable bonds is 10. The Bertz CT molecular complexity index is 1040. The maximum absolute atomic E-state index is 12.5. The molecule has 0 atom stereocenters. The number of carbonyl (C=O) groups excluding carboxylic acids is 1. The number of aryl methyl sites for hydroxylation is 1. The van der Waals surface area contributed by atoms with Gasteiger partial charge in [-0.05, 0) is 61.6 Å². The first kappa shape index (κ1) is 22.5. The van der Waals surface area contributed by atoms with Crippen LogP contribution >= 0.6 is 0 Å². The summed E-state index contributed by atoms with van der Waals surface area (Å²) in [4.78, 5) is 12.5. The van der Waals surface area contributed by atoms with Crippen LogP contribution in [0.5, 0.6) is 11.5 Å². The predicted octanol–water partition coefficient (Wildman–Crippen LogP) is 5.25. The van der Waals surface area contributed by atoms with Crippen molar-refractivity contribution in [2.75, 3.05) is 7.11 Å². The second kappa shape index (κ2) is 10.2. The van der Waals surface area contributed by atoms with Gasteiger partial charge in [0.1, 0.15) is 11.5 Å². The van der Waals surface area contributed by atoms with Gasteiger partial charge >= 0.3 is 0 Å². The monoisotopic (exact) mass is 420 g/mol. The minimum atomic E-state index is -0.434. The summed E-state index contributed by atoms with van der Waals surface area (Å²) in [6, 6.07) is 15.1. The molecule has 0 spiro atoms. The summed E-state index contributed by atoms with van der Waals surface area (Å²) >= 11 is 0. The average Bonchev–Trinajstić information content (AvgIpc) is 3.04. The Balaban J connectivity index is 2.05. The van der Waals surface area contributed by atoms with Crippen molar-refractivity contribution in [2.24, 2.45) is 5.73 Å². The lowest BCUT2D eigenvalue weighted by atomic mass is 9.97. The number of nitrogens with two attached hydrogens (primary N) is 1. The highest BCUT2D eigenvalue weighted by Crippen LogP contribution is 2.35. The van der Waals surface area contributed by atoms with Gasteiger partial charge in [-0.25, -0.2) is 0 Å². The molecule has 1 heterocycles. The summed E-state index contributed by atoms with van der Waals surface area (Å²) in [6.45, 7) is 4.89. The number of methoxy groups -OCH3 is 1. The molecule has 5 heteroatoms. The van der Waals surface area contributed by atoms with Crippen LogP contribution in [0.15, 0.2) is 48.5 Å². The van der Waals surface area contributed by atoms with E-state index in [1.807, 2.05) is 25.1 Å². The maximum Gasteiger partial charge on any atom is 0.251 e. The first-order chi connectivity index (χ1) is 15.0. The van der Waals surface area contributed by atoms with E-state index in [-0.39, 0.29) is 5.75 Å². The van der Waals surface area contributed by atoms with Gasteiger partial charge in [-0.1, -0.05) is 44.0 Å². The summed E-state index contributed by atoms with van der Waals surface area (Å²) in [6.07, 6.45) is 4.96. The highest BCUT2D eigenvalue weighted by atomic mass is 16.5. The number of hydrogen-bond acceptors (Lipinski definition) is 3. The lowest BCUT2D eigenvalue weighted by molar-refractivity contribution is 0.1000. The molecule has 0 aliphatic carbocycles. The fraction of sp³-hybridized carbons (Fsp3) is 0.346. The molecule has 0 unspecified atom stereocenters. The summed E-state index contributed by atoms with van der Waals surface area (Å²) in [5.74, 6) is 0.579. The van der Waals surface area contributed by atoms with Gasteiger partial charge in [-0.3, -0.25) is 4.79 Å². The maximum atomic E-state index is 12.5. The van der Waals surface area contributed by atoms with E-state index in [0.717, 1.165) is 66.9 Å². The molecule has 0 aliphatic heterocycles. The molecule has 164 valence electrons. The number of unbranched alkanes of at least 4 members (excludes halogenated alkanes) is 2. The van der Waals surface area contributed by atoms with E-state index in [1.165, 1.54) is 5.56 Å². The molecule has 3 rings (SSSR count). The molecule has 0 bridgehead atoms. The Morgan fingerprint density at radius 3 is 2.45 bits per heavy atom. The largest absolute Gasteiger partial charge is 0.508 e. The number of ether oxygens (including phenoxy) is 1. The molecule has 0 saturated carbocycles. The van der Waals surface area contributed by atoms with Gasteiger partial charge in [0, 0.05) is 23.5 Å². The average molecular weight is 421 g/mol. The Morgan fingerprint density at radius 1 is 1.10 bits per heavy atom. The van der Waals surface area contributed by atoms with Crippen molar-refractivity contribution in [3.63, 3.8) is 0 Å². The fourth-order valence-corrected chi connectivity index (χ4v) is 4.21. The van der Waals surface area contributed by atoms with Crippen LogP contribution in [0.4, 0.5) is 0 Å². The number of phenolic OH excluding ortho intramolecular Hbond substituents is 1. The van der Waals surface area contributed by atoms with Crippen LogP contribution in [0.3, 0.4) is 0 Å². The third-order valence-electron chi connectivity index (χ3n) is 5.81. The third kappa shape index (κ3) is 5.10. The number of carbonyl (C=O) groups is 1. The smallest absolute Gasteiger partial charge is 0.251 e. The molecular weight excluding hydrogens is 388 g/mol. The van der Waals surface area contributed by atoms with Gasteiger partial charge in [0.25, 0.3) is 5.91 Å². The zero-order valence-corrected chi connectivity index (χ0v) is 18.6.